The molecule has 0 spiro atoms. The van der Waals surface area contributed by atoms with Gasteiger partial charge in [-0.05, 0) is 46.5 Å². The molecule has 8 heteroatoms. The molecule has 114 valence electrons. The van der Waals surface area contributed by atoms with Crippen LogP contribution in [0.3, 0.4) is 0 Å². The first-order valence-electron chi connectivity index (χ1n) is 6.53. The molecule has 0 aliphatic carbocycles. The van der Waals surface area contributed by atoms with E-state index >= 15 is 0 Å². The van der Waals surface area contributed by atoms with Crippen molar-refractivity contribution in [3.63, 3.8) is 0 Å². The average molecular weight is 355 g/mol. The van der Waals surface area contributed by atoms with E-state index < -0.39 is 5.82 Å². The summed E-state index contributed by atoms with van der Waals surface area (Å²) in [6.07, 6.45) is 0. The summed E-state index contributed by atoms with van der Waals surface area (Å²) in [5.41, 5.74) is 0.932. The molecular formula is C14H12ClFN4S2. The van der Waals surface area contributed by atoms with Gasteiger partial charge in [-0.1, -0.05) is 35.5 Å². The zero-order chi connectivity index (χ0) is 15.5. The third-order valence-electron chi connectivity index (χ3n) is 3.08. The second kappa shape index (κ2) is 6.76. The van der Waals surface area contributed by atoms with E-state index in [1.807, 2.05) is 24.4 Å². The van der Waals surface area contributed by atoms with Crippen LogP contribution in [0.4, 0.5) is 4.39 Å². The molecule has 3 rings (SSSR count). The Morgan fingerprint density at radius 1 is 1.41 bits per heavy atom. The molecule has 0 N–H and O–H groups in total. The van der Waals surface area contributed by atoms with Gasteiger partial charge in [0.1, 0.15) is 5.82 Å². The van der Waals surface area contributed by atoms with Crippen molar-refractivity contribution in [2.24, 2.45) is 0 Å². The molecular weight excluding hydrogens is 343 g/mol. The van der Waals surface area contributed by atoms with Crippen LogP contribution in [0, 0.1) is 5.82 Å². The molecule has 0 radical (unpaired) electrons. The molecule has 22 heavy (non-hydrogen) atoms. The normalized spacial score (nSPS) is 12.5. The fraction of sp³-hybridized carbons (Fsp3) is 0.214. The third-order valence-corrected chi connectivity index (χ3v) is 5.36. The van der Waals surface area contributed by atoms with E-state index in [0.29, 0.717) is 6.54 Å². The van der Waals surface area contributed by atoms with Gasteiger partial charge in [0.2, 0.25) is 5.16 Å². The number of aromatic nitrogens is 4. The van der Waals surface area contributed by atoms with Crippen molar-refractivity contribution in [2.75, 3.05) is 0 Å². The lowest BCUT2D eigenvalue weighted by Crippen LogP contribution is -2.03. The van der Waals surface area contributed by atoms with Crippen molar-refractivity contribution in [1.29, 1.82) is 0 Å². The van der Waals surface area contributed by atoms with Gasteiger partial charge in [0.15, 0.2) is 0 Å². The molecule has 0 aliphatic rings. The molecule has 2 aromatic heterocycles. The largest absolute Gasteiger partial charge is 0.215 e. The van der Waals surface area contributed by atoms with Gasteiger partial charge in [-0.25, -0.2) is 9.07 Å². The van der Waals surface area contributed by atoms with Crippen molar-refractivity contribution in [1.82, 2.24) is 20.2 Å². The van der Waals surface area contributed by atoms with E-state index in [9.17, 15) is 4.39 Å². The number of nitrogens with zero attached hydrogens (tertiary/aromatic N) is 4. The van der Waals surface area contributed by atoms with Crippen LogP contribution in [0.1, 0.15) is 22.6 Å². The van der Waals surface area contributed by atoms with Gasteiger partial charge in [-0.3, -0.25) is 0 Å². The summed E-state index contributed by atoms with van der Waals surface area (Å²) < 4.78 is 15.0. The molecule has 1 atom stereocenters. The highest BCUT2D eigenvalue weighted by atomic mass is 35.5. The van der Waals surface area contributed by atoms with Gasteiger partial charge < -0.3 is 0 Å². The van der Waals surface area contributed by atoms with Crippen LogP contribution in [0.5, 0.6) is 0 Å². The summed E-state index contributed by atoms with van der Waals surface area (Å²) in [6.45, 7) is 2.66. The minimum atomic E-state index is -0.412. The van der Waals surface area contributed by atoms with Crippen LogP contribution in [-0.2, 0) is 6.54 Å². The van der Waals surface area contributed by atoms with Crippen LogP contribution in [-0.4, -0.2) is 20.2 Å². The second-order valence-electron chi connectivity index (χ2n) is 4.63. The van der Waals surface area contributed by atoms with E-state index in [1.165, 1.54) is 22.7 Å². The monoisotopic (exact) mass is 354 g/mol. The van der Waals surface area contributed by atoms with Crippen LogP contribution in [0.2, 0.25) is 5.02 Å². The van der Waals surface area contributed by atoms with Crippen molar-refractivity contribution < 1.29 is 4.39 Å². The second-order valence-corrected chi connectivity index (χ2v) is 7.38. The molecule has 0 fully saturated rings. The molecule has 0 saturated heterocycles. The molecule has 1 aromatic carbocycles. The van der Waals surface area contributed by atoms with Gasteiger partial charge >= 0.3 is 0 Å². The fourth-order valence-corrected chi connectivity index (χ4v) is 3.70. The lowest BCUT2D eigenvalue weighted by atomic mass is 10.2. The Bertz CT molecular complexity index is 760. The van der Waals surface area contributed by atoms with Crippen LogP contribution in [0.15, 0.2) is 40.9 Å². The zero-order valence-corrected chi connectivity index (χ0v) is 14.0. The van der Waals surface area contributed by atoms with Gasteiger partial charge in [-0.2, -0.15) is 0 Å². The quantitative estimate of drug-likeness (QED) is 0.636. The molecule has 0 aliphatic heterocycles. The maximum Gasteiger partial charge on any atom is 0.210 e. The molecule has 0 saturated carbocycles. The number of tetrazole rings is 1. The number of rotatable bonds is 5. The summed E-state index contributed by atoms with van der Waals surface area (Å²) in [4.78, 5) is 1.19. The Labute approximate surface area is 140 Å². The fourth-order valence-electron chi connectivity index (χ4n) is 1.92. The van der Waals surface area contributed by atoms with E-state index in [0.717, 1.165) is 10.7 Å². The number of thioether (sulfide) groups is 1. The summed E-state index contributed by atoms with van der Waals surface area (Å²) in [6, 6.07) is 8.79. The topological polar surface area (TPSA) is 43.6 Å². The van der Waals surface area contributed by atoms with Gasteiger partial charge in [0.05, 0.1) is 11.6 Å². The standard InChI is InChI=1S/C14H12ClFN4S2/c1-9(10-4-5-13(16)12(15)7-10)22-14-17-18-19-20(14)8-11-3-2-6-21-11/h2-7,9H,8H2,1H3. The van der Waals surface area contributed by atoms with Gasteiger partial charge in [-0.15, -0.1) is 16.4 Å². The predicted octanol–water partition coefficient (Wildman–Crippen LogP) is 4.43. The molecule has 3 aromatic rings. The minimum Gasteiger partial charge on any atom is -0.215 e. The summed E-state index contributed by atoms with van der Waals surface area (Å²) in [5.74, 6) is -0.412. The highest BCUT2D eigenvalue weighted by Gasteiger charge is 2.15. The lowest BCUT2D eigenvalue weighted by molar-refractivity contribution is 0.607. The molecule has 0 bridgehead atoms. The number of hydrogen-bond acceptors (Lipinski definition) is 5. The summed E-state index contributed by atoms with van der Waals surface area (Å²) in [5, 5.41) is 14.8. The maximum absolute atomic E-state index is 13.2. The molecule has 2 heterocycles. The van der Waals surface area contributed by atoms with Crippen LogP contribution < -0.4 is 0 Å². The number of halogens is 2. The lowest BCUT2D eigenvalue weighted by Gasteiger charge is -2.11. The average Bonchev–Trinajstić information content (AvgIpc) is 3.15. The first-order chi connectivity index (χ1) is 10.6. The number of benzene rings is 1. The highest BCUT2D eigenvalue weighted by Crippen LogP contribution is 2.34. The van der Waals surface area contributed by atoms with Crippen molar-refractivity contribution in [2.45, 2.75) is 23.9 Å². The minimum absolute atomic E-state index is 0.0613. The van der Waals surface area contributed by atoms with Crippen molar-refractivity contribution in [3.05, 3.63) is 57.0 Å². The highest BCUT2D eigenvalue weighted by molar-refractivity contribution is 7.99. The Balaban J connectivity index is 1.75. The molecule has 1 unspecified atom stereocenters. The first-order valence-corrected chi connectivity index (χ1v) is 8.67. The summed E-state index contributed by atoms with van der Waals surface area (Å²) >= 11 is 9.02. The maximum atomic E-state index is 13.2. The number of hydrogen-bond donors (Lipinski definition) is 0. The Morgan fingerprint density at radius 2 is 2.27 bits per heavy atom. The van der Waals surface area contributed by atoms with Crippen LogP contribution >= 0.6 is 34.7 Å². The molecule has 4 nitrogen and oxygen atoms in total. The smallest absolute Gasteiger partial charge is 0.210 e. The van der Waals surface area contributed by atoms with Gasteiger partial charge in [0, 0.05) is 10.1 Å². The van der Waals surface area contributed by atoms with E-state index in [1.54, 1.807) is 28.2 Å². The van der Waals surface area contributed by atoms with Crippen LogP contribution in [0.25, 0.3) is 0 Å². The zero-order valence-electron chi connectivity index (χ0n) is 11.6. The number of thiophene rings is 1. The SMILES string of the molecule is CC(Sc1nnnn1Cc1cccs1)c1ccc(F)c(Cl)c1. The van der Waals surface area contributed by atoms with E-state index in [-0.39, 0.29) is 10.3 Å². The molecule has 0 amide bonds. The van der Waals surface area contributed by atoms with E-state index in [2.05, 4.69) is 15.5 Å². The van der Waals surface area contributed by atoms with Crippen molar-refractivity contribution >= 4 is 34.7 Å². The summed E-state index contributed by atoms with van der Waals surface area (Å²) in [7, 11) is 0. The first kappa shape index (κ1) is 15.5. The Kier molecular flexibility index (Phi) is 4.75. The van der Waals surface area contributed by atoms with E-state index in [4.69, 9.17) is 11.6 Å². The Hall–Kier alpha value is -1.44. The third kappa shape index (κ3) is 3.48. The predicted molar refractivity (Wildman–Crippen MR) is 86.9 cm³/mol. The van der Waals surface area contributed by atoms with Gasteiger partial charge in [0.25, 0.3) is 0 Å². The van der Waals surface area contributed by atoms with Crippen molar-refractivity contribution in [3.8, 4) is 0 Å². The Morgan fingerprint density at radius 3 is 3.00 bits per heavy atom.